The Morgan fingerprint density at radius 2 is 0.547 bits per heavy atom. The minimum absolute atomic E-state index is 0.546. The zero-order valence-electron chi connectivity index (χ0n) is 43.8. The molecule has 9 nitrogen and oxygen atoms in total. The molecule has 380 valence electrons. The largest absolute Gasteiger partial charge is 0.390 e. The van der Waals surface area contributed by atoms with Crippen molar-refractivity contribution in [1.29, 1.82) is 0 Å². The summed E-state index contributed by atoms with van der Waals surface area (Å²) in [5, 5.41) is 98.2. The van der Waals surface area contributed by atoms with Crippen LogP contribution in [-0.2, 0) is 0 Å². The van der Waals surface area contributed by atoms with E-state index in [-0.39, 0.29) is 0 Å². The highest BCUT2D eigenvalue weighted by Gasteiger charge is 2.31. The van der Waals surface area contributed by atoms with Gasteiger partial charge in [0.1, 0.15) is 0 Å². The first-order chi connectivity index (χ1) is 29.0. The smallest absolute Gasteiger partial charge is 0.0800 e. The number of aliphatic hydroxyl groups is 9. The van der Waals surface area contributed by atoms with E-state index >= 15 is 0 Å². The van der Waals surface area contributed by atoms with Crippen molar-refractivity contribution in [1.82, 2.24) is 0 Å². The summed E-state index contributed by atoms with van der Waals surface area (Å²) < 4.78 is 0. The van der Waals surface area contributed by atoms with E-state index in [4.69, 9.17) is 0 Å². The number of hydrogen-bond donors (Lipinski definition) is 9. The van der Waals surface area contributed by atoms with Crippen molar-refractivity contribution in [2.75, 3.05) is 0 Å². The van der Waals surface area contributed by atoms with Crippen LogP contribution >= 0.6 is 0 Å². The summed E-state index contributed by atoms with van der Waals surface area (Å²) in [6.45, 7) is 26.4. The van der Waals surface area contributed by atoms with Crippen molar-refractivity contribution in [3.05, 3.63) is 36.0 Å². The number of allylic oxidation sites excluding steroid dienone is 4. The van der Waals surface area contributed by atoms with Crippen LogP contribution in [0.1, 0.15) is 263 Å². The van der Waals surface area contributed by atoms with Crippen LogP contribution < -0.4 is 0 Å². The Bertz CT molecular complexity index is 1330. The molecule has 0 spiro atoms. The molecular weight excluding hydrogens is 805 g/mol. The van der Waals surface area contributed by atoms with Gasteiger partial charge in [-0.15, -0.1) is 6.58 Å². The molecule has 0 amide bonds. The molecule has 0 heterocycles. The van der Waals surface area contributed by atoms with Crippen molar-refractivity contribution >= 4 is 0 Å². The van der Waals surface area contributed by atoms with Crippen LogP contribution in [0.5, 0.6) is 0 Å². The number of rotatable bonds is 39. The molecule has 0 aliphatic rings. The Kier molecular flexibility index (Phi) is 27.9. The van der Waals surface area contributed by atoms with E-state index in [0.29, 0.717) is 148 Å². The van der Waals surface area contributed by atoms with Crippen LogP contribution in [0.25, 0.3) is 0 Å². The lowest BCUT2D eigenvalue weighted by Crippen LogP contribution is -2.31. The van der Waals surface area contributed by atoms with Gasteiger partial charge < -0.3 is 46.0 Å². The third-order valence-corrected chi connectivity index (χ3v) is 14.1. The summed E-state index contributed by atoms with van der Waals surface area (Å²) in [5.41, 5.74) is -5.19. The second-order valence-corrected chi connectivity index (χ2v) is 23.8. The maximum atomic E-state index is 11.1. The normalized spacial score (nSPS) is 21.1. The third-order valence-electron chi connectivity index (χ3n) is 14.1. The van der Waals surface area contributed by atoms with Crippen molar-refractivity contribution < 1.29 is 46.0 Å². The average Bonchev–Trinajstić information content (AvgIpc) is 3.09. The first kappa shape index (κ1) is 62.9. The van der Waals surface area contributed by atoms with E-state index in [9.17, 15) is 46.0 Å². The molecule has 0 aliphatic heterocycles. The van der Waals surface area contributed by atoms with Gasteiger partial charge in [0.2, 0.25) is 0 Å². The van der Waals surface area contributed by atoms with Gasteiger partial charge in [-0.2, -0.15) is 0 Å². The van der Waals surface area contributed by atoms with Crippen LogP contribution in [0.3, 0.4) is 0 Å². The summed E-state index contributed by atoms with van der Waals surface area (Å²) in [6, 6.07) is 0. The zero-order valence-corrected chi connectivity index (χ0v) is 43.8. The van der Waals surface area contributed by atoms with Crippen molar-refractivity contribution in [3.8, 4) is 0 Å². The molecule has 9 heteroatoms. The fourth-order valence-electron chi connectivity index (χ4n) is 9.19. The molecule has 0 aliphatic carbocycles. The molecule has 0 aromatic carbocycles. The predicted molar refractivity (Wildman–Crippen MR) is 268 cm³/mol. The summed E-state index contributed by atoms with van der Waals surface area (Å²) >= 11 is 0. The first-order valence-electron chi connectivity index (χ1n) is 25.5. The van der Waals surface area contributed by atoms with E-state index in [1.165, 1.54) is 11.1 Å². The molecule has 9 atom stereocenters. The highest BCUT2D eigenvalue weighted by Crippen LogP contribution is 2.33. The van der Waals surface area contributed by atoms with Crippen molar-refractivity contribution in [3.63, 3.8) is 0 Å². The molecule has 0 saturated carbocycles. The Hall–Kier alpha value is -1.14. The highest BCUT2D eigenvalue weighted by molar-refractivity contribution is 5.01. The molecule has 0 aromatic rings. The molecule has 0 rings (SSSR count). The van der Waals surface area contributed by atoms with Crippen LogP contribution in [0.4, 0.5) is 0 Å². The van der Waals surface area contributed by atoms with Crippen LogP contribution in [0.2, 0.25) is 0 Å². The molecule has 9 N–H and O–H groups in total. The van der Waals surface area contributed by atoms with Crippen LogP contribution in [0.15, 0.2) is 36.0 Å². The van der Waals surface area contributed by atoms with E-state index < -0.39 is 50.4 Å². The molecule has 9 unspecified atom stereocenters. The Morgan fingerprint density at radius 1 is 0.328 bits per heavy atom. The minimum atomic E-state index is -0.908. The second kappa shape index (κ2) is 28.4. The van der Waals surface area contributed by atoms with Gasteiger partial charge in [0, 0.05) is 0 Å². The second-order valence-electron chi connectivity index (χ2n) is 23.8. The molecule has 0 radical (unpaired) electrons. The van der Waals surface area contributed by atoms with Crippen LogP contribution in [-0.4, -0.2) is 96.4 Å². The molecule has 64 heavy (non-hydrogen) atoms. The maximum Gasteiger partial charge on any atom is 0.0800 e. The van der Waals surface area contributed by atoms with Gasteiger partial charge in [-0.05, 0) is 263 Å². The summed E-state index contributed by atoms with van der Waals surface area (Å²) in [6.07, 6.45) is 24.2. The fraction of sp³-hybridized carbons (Fsp3) is 0.891. The van der Waals surface area contributed by atoms with Gasteiger partial charge in [0.25, 0.3) is 0 Å². The van der Waals surface area contributed by atoms with E-state index in [1.54, 1.807) is 13.0 Å². The monoisotopic (exact) mass is 911 g/mol. The van der Waals surface area contributed by atoms with Crippen LogP contribution in [0, 0.1) is 0 Å². The lowest BCUT2D eigenvalue weighted by Gasteiger charge is -2.31. The molecule has 0 bridgehead atoms. The topological polar surface area (TPSA) is 182 Å². The van der Waals surface area contributed by atoms with E-state index in [0.717, 1.165) is 32.1 Å². The Labute approximate surface area is 394 Å². The quantitative estimate of drug-likeness (QED) is 0.0271. The lowest BCUT2D eigenvalue weighted by molar-refractivity contribution is -0.00863. The average molecular weight is 911 g/mol. The molecule has 0 fully saturated rings. The minimum Gasteiger partial charge on any atom is -0.390 e. The van der Waals surface area contributed by atoms with Gasteiger partial charge in [0.15, 0.2) is 0 Å². The van der Waals surface area contributed by atoms with Gasteiger partial charge >= 0.3 is 0 Å². The SMILES string of the molecule is C=CC(C)(O)CC/C=C(\C)CCCC(C)(O)CCCC(C)(O)CCCC(C)(O)CCCC(C)(O)CCCC(C)(O)CCCC(C)(O)CCCC(C)(O)CCCC(C)(O)CCC=C(C)C. The Morgan fingerprint density at radius 3 is 0.781 bits per heavy atom. The summed E-state index contributed by atoms with van der Waals surface area (Å²) in [5.74, 6) is 0. The van der Waals surface area contributed by atoms with E-state index in [2.05, 4.69) is 39.5 Å². The maximum absolute atomic E-state index is 11.1. The standard InChI is InChI=1S/C55H106O9/c1-14-47(5,56)28-16-26-46(4)27-17-30-49(7,58)32-19-34-51(9,60)36-21-38-53(11,62)40-23-42-55(13,64)44-24-43-54(12,63)41-22-39-52(10,61)37-20-35-50(8,59)33-18-31-48(6,57)29-15-25-45(2)3/h14,25-26,56-64H,1,15-24,27-44H2,2-13H3/b46-26+. The highest BCUT2D eigenvalue weighted by atomic mass is 16.3. The Balaban J connectivity index is 4.43. The summed E-state index contributed by atoms with van der Waals surface area (Å²) in [7, 11) is 0. The van der Waals surface area contributed by atoms with Gasteiger partial charge in [-0.3, -0.25) is 0 Å². The summed E-state index contributed by atoms with van der Waals surface area (Å²) in [4.78, 5) is 0. The van der Waals surface area contributed by atoms with Gasteiger partial charge in [-0.25, -0.2) is 0 Å². The first-order valence-corrected chi connectivity index (χ1v) is 25.5. The predicted octanol–water partition coefficient (Wildman–Crippen LogP) is 11.8. The zero-order chi connectivity index (χ0) is 49.6. The van der Waals surface area contributed by atoms with E-state index in [1.807, 2.05) is 55.4 Å². The van der Waals surface area contributed by atoms with Crippen molar-refractivity contribution in [2.24, 2.45) is 0 Å². The lowest BCUT2D eigenvalue weighted by atomic mass is 9.83. The van der Waals surface area contributed by atoms with Crippen molar-refractivity contribution in [2.45, 2.75) is 313 Å². The molecule has 0 aromatic heterocycles. The fourth-order valence-corrected chi connectivity index (χ4v) is 9.19. The van der Waals surface area contributed by atoms with Gasteiger partial charge in [0.05, 0.1) is 50.4 Å². The third kappa shape index (κ3) is 35.1. The number of hydrogen-bond acceptors (Lipinski definition) is 9. The van der Waals surface area contributed by atoms with Gasteiger partial charge in [-0.1, -0.05) is 29.4 Å². The molecular formula is C55H106O9. The molecule has 0 saturated heterocycles.